The molecule has 0 amide bonds. The van der Waals surface area contributed by atoms with E-state index >= 15 is 0 Å². The number of halogens is 1. The quantitative estimate of drug-likeness (QED) is 0.909. The SMILES string of the molecule is COc1cc(Cl)c(C(O)C2CCCCC2)cc1OC. The monoisotopic (exact) mass is 284 g/mol. The Labute approximate surface area is 119 Å². The summed E-state index contributed by atoms with van der Waals surface area (Å²) in [4.78, 5) is 0. The molecule has 0 aromatic heterocycles. The number of aliphatic hydroxyl groups is 1. The molecule has 1 fully saturated rings. The number of benzene rings is 1. The topological polar surface area (TPSA) is 38.7 Å². The van der Waals surface area contributed by atoms with E-state index < -0.39 is 6.10 Å². The summed E-state index contributed by atoms with van der Waals surface area (Å²) in [5, 5.41) is 11.1. The van der Waals surface area contributed by atoms with Crippen molar-refractivity contribution in [3.05, 3.63) is 22.7 Å². The fourth-order valence-electron chi connectivity index (χ4n) is 2.80. The van der Waals surface area contributed by atoms with Crippen molar-refractivity contribution in [2.45, 2.75) is 38.2 Å². The van der Waals surface area contributed by atoms with Gasteiger partial charge >= 0.3 is 0 Å². The van der Waals surface area contributed by atoms with Crippen LogP contribution in [0.3, 0.4) is 0 Å². The molecule has 19 heavy (non-hydrogen) atoms. The molecule has 0 spiro atoms. The molecule has 0 radical (unpaired) electrons. The molecule has 0 aliphatic heterocycles. The maximum atomic E-state index is 10.5. The number of aliphatic hydroxyl groups excluding tert-OH is 1. The highest BCUT2D eigenvalue weighted by atomic mass is 35.5. The summed E-state index contributed by atoms with van der Waals surface area (Å²) >= 11 is 6.26. The summed E-state index contributed by atoms with van der Waals surface area (Å²) in [6.45, 7) is 0. The van der Waals surface area contributed by atoms with Gasteiger partial charge in [0.2, 0.25) is 0 Å². The first-order valence-electron chi connectivity index (χ1n) is 6.77. The van der Waals surface area contributed by atoms with Gasteiger partial charge in [0, 0.05) is 11.6 Å². The Kier molecular flexibility index (Phi) is 4.94. The third kappa shape index (κ3) is 3.15. The summed E-state index contributed by atoms with van der Waals surface area (Å²) in [5.41, 5.74) is 0.742. The van der Waals surface area contributed by atoms with Crippen LogP contribution in [0.5, 0.6) is 11.5 Å². The molecule has 0 bridgehead atoms. The molecule has 0 saturated heterocycles. The van der Waals surface area contributed by atoms with E-state index in [0.717, 1.165) is 18.4 Å². The van der Waals surface area contributed by atoms with Gasteiger partial charge in [-0.2, -0.15) is 0 Å². The molecule has 1 aliphatic carbocycles. The Balaban J connectivity index is 2.27. The summed E-state index contributed by atoms with van der Waals surface area (Å²) in [5.74, 6) is 1.49. The molecular weight excluding hydrogens is 264 g/mol. The van der Waals surface area contributed by atoms with Gasteiger partial charge in [-0.25, -0.2) is 0 Å². The zero-order valence-corrected chi connectivity index (χ0v) is 12.2. The minimum absolute atomic E-state index is 0.296. The minimum Gasteiger partial charge on any atom is -0.493 e. The lowest BCUT2D eigenvalue weighted by Crippen LogP contribution is -2.16. The van der Waals surface area contributed by atoms with Crippen LogP contribution in [0, 0.1) is 5.92 Å². The second-order valence-electron chi connectivity index (χ2n) is 5.07. The molecule has 1 aromatic carbocycles. The highest BCUT2D eigenvalue weighted by molar-refractivity contribution is 6.31. The van der Waals surface area contributed by atoms with Crippen molar-refractivity contribution in [1.29, 1.82) is 0 Å². The van der Waals surface area contributed by atoms with Crippen LogP contribution in [0.25, 0.3) is 0 Å². The fraction of sp³-hybridized carbons (Fsp3) is 0.600. The van der Waals surface area contributed by atoms with Crippen LogP contribution in [-0.2, 0) is 0 Å². The largest absolute Gasteiger partial charge is 0.493 e. The first kappa shape index (κ1) is 14.5. The van der Waals surface area contributed by atoms with E-state index in [-0.39, 0.29) is 0 Å². The lowest BCUT2D eigenvalue weighted by Gasteiger charge is -2.27. The number of hydrogen-bond donors (Lipinski definition) is 1. The zero-order valence-electron chi connectivity index (χ0n) is 11.5. The Bertz CT molecular complexity index is 428. The van der Waals surface area contributed by atoms with Crippen molar-refractivity contribution in [1.82, 2.24) is 0 Å². The second-order valence-corrected chi connectivity index (χ2v) is 5.48. The average Bonchev–Trinajstić information content (AvgIpc) is 2.47. The van der Waals surface area contributed by atoms with E-state index in [2.05, 4.69) is 0 Å². The molecule has 0 heterocycles. The van der Waals surface area contributed by atoms with Crippen molar-refractivity contribution in [2.24, 2.45) is 5.92 Å². The normalized spacial score (nSPS) is 18.1. The van der Waals surface area contributed by atoms with Gasteiger partial charge in [-0.3, -0.25) is 0 Å². The van der Waals surface area contributed by atoms with Gasteiger partial charge in [0.05, 0.1) is 25.3 Å². The number of ether oxygens (including phenoxy) is 2. The van der Waals surface area contributed by atoms with Crippen LogP contribution in [0.15, 0.2) is 12.1 Å². The maximum Gasteiger partial charge on any atom is 0.162 e. The van der Waals surface area contributed by atoms with Crippen molar-refractivity contribution in [3.8, 4) is 11.5 Å². The molecule has 1 saturated carbocycles. The molecule has 2 rings (SSSR count). The molecule has 1 aromatic rings. The van der Waals surface area contributed by atoms with E-state index in [4.69, 9.17) is 21.1 Å². The molecule has 106 valence electrons. The predicted molar refractivity (Wildman–Crippen MR) is 76.1 cm³/mol. The Hall–Kier alpha value is -0.930. The molecule has 1 atom stereocenters. The van der Waals surface area contributed by atoms with E-state index in [1.54, 1.807) is 26.4 Å². The first-order chi connectivity index (χ1) is 9.17. The fourth-order valence-corrected chi connectivity index (χ4v) is 3.07. The highest BCUT2D eigenvalue weighted by Gasteiger charge is 2.26. The van der Waals surface area contributed by atoms with Crippen LogP contribution in [0.1, 0.15) is 43.8 Å². The van der Waals surface area contributed by atoms with Crippen LogP contribution >= 0.6 is 11.6 Å². The van der Waals surface area contributed by atoms with Crippen LogP contribution < -0.4 is 9.47 Å². The van der Waals surface area contributed by atoms with Crippen LogP contribution in [0.2, 0.25) is 5.02 Å². The Morgan fingerprint density at radius 1 is 1.11 bits per heavy atom. The molecule has 1 N–H and O–H groups in total. The molecule has 1 aliphatic rings. The number of hydrogen-bond acceptors (Lipinski definition) is 3. The molecule has 3 nitrogen and oxygen atoms in total. The lowest BCUT2D eigenvalue weighted by atomic mass is 9.82. The smallest absolute Gasteiger partial charge is 0.162 e. The summed E-state index contributed by atoms with van der Waals surface area (Å²) < 4.78 is 10.5. The first-order valence-corrected chi connectivity index (χ1v) is 7.14. The van der Waals surface area contributed by atoms with Crippen molar-refractivity contribution >= 4 is 11.6 Å². The summed E-state index contributed by atoms with van der Waals surface area (Å²) in [7, 11) is 3.16. The van der Waals surface area contributed by atoms with Gasteiger partial charge in [-0.05, 0) is 24.8 Å². The van der Waals surface area contributed by atoms with Gasteiger partial charge < -0.3 is 14.6 Å². The molecule has 1 unspecified atom stereocenters. The van der Waals surface area contributed by atoms with Gasteiger partial charge in [-0.1, -0.05) is 30.9 Å². The van der Waals surface area contributed by atoms with Gasteiger partial charge in [0.15, 0.2) is 11.5 Å². The van der Waals surface area contributed by atoms with Crippen molar-refractivity contribution < 1.29 is 14.6 Å². The van der Waals surface area contributed by atoms with Crippen molar-refractivity contribution in [2.75, 3.05) is 14.2 Å². The second kappa shape index (κ2) is 6.49. The Morgan fingerprint density at radius 3 is 2.26 bits per heavy atom. The van der Waals surface area contributed by atoms with Gasteiger partial charge in [-0.15, -0.1) is 0 Å². The summed E-state index contributed by atoms with van der Waals surface area (Å²) in [6, 6.07) is 3.50. The van der Waals surface area contributed by atoms with Crippen LogP contribution in [0.4, 0.5) is 0 Å². The maximum absolute atomic E-state index is 10.5. The molecule has 4 heteroatoms. The van der Waals surface area contributed by atoms with E-state index in [1.165, 1.54) is 19.3 Å². The zero-order chi connectivity index (χ0) is 13.8. The van der Waals surface area contributed by atoms with Gasteiger partial charge in [0.25, 0.3) is 0 Å². The lowest BCUT2D eigenvalue weighted by molar-refractivity contribution is 0.0846. The number of methoxy groups -OCH3 is 2. The van der Waals surface area contributed by atoms with E-state index in [9.17, 15) is 5.11 Å². The summed E-state index contributed by atoms with van der Waals surface area (Å²) in [6.07, 6.45) is 5.24. The highest BCUT2D eigenvalue weighted by Crippen LogP contribution is 2.41. The number of rotatable bonds is 4. The van der Waals surface area contributed by atoms with E-state index in [1.807, 2.05) is 0 Å². The Morgan fingerprint density at radius 2 is 1.68 bits per heavy atom. The van der Waals surface area contributed by atoms with E-state index in [0.29, 0.717) is 22.4 Å². The average molecular weight is 285 g/mol. The third-order valence-electron chi connectivity index (χ3n) is 3.92. The standard InChI is InChI=1S/C15H21ClO3/c1-18-13-8-11(12(16)9-14(13)19-2)15(17)10-6-4-3-5-7-10/h8-10,15,17H,3-7H2,1-2H3. The predicted octanol–water partition coefficient (Wildman–Crippen LogP) is 3.97. The van der Waals surface area contributed by atoms with Crippen LogP contribution in [-0.4, -0.2) is 19.3 Å². The third-order valence-corrected chi connectivity index (χ3v) is 4.25. The molecular formula is C15H21ClO3. The van der Waals surface area contributed by atoms with Crippen molar-refractivity contribution in [3.63, 3.8) is 0 Å². The minimum atomic E-state index is -0.521. The van der Waals surface area contributed by atoms with Gasteiger partial charge in [0.1, 0.15) is 0 Å².